The summed E-state index contributed by atoms with van der Waals surface area (Å²) in [5.74, 6) is 0.265. The minimum absolute atomic E-state index is 0.0654. The maximum atomic E-state index is 12.3. The van der Waals surface area contributed by atoms with E-state index in [1.54, 1.807) is 0 Å². The monoisotopic (exact) mass is 283 g/mol. The lowest BCUT2D eigenvalue weighted by Gasteiger charge is -2.28. The highest BCUT2D eigenvalue weighted by Crippen LogP contribution is 2.18. The molecule has 0 unspecified atom stereocenters. The molecule has 1 N–H and O–H groups in total. The standard InChI is InChI=1S/C15H29N3O2/c1-12(2)16-13(19)11-17-7-6-8-18(10-9-17)14(20)15(3,4)5/h12H,6-11H2,1-5H3,(H,16,19). The maximum Gasteiger partial charge on any atom is 0.234 e. The molecule has 0 aromatic rings. The molecule has 0 bridgehead atoms. The fourth-order valence-corrected chi connectivity index (χ4v) is 2.38. The predicted octanol–water partition coefficient (Wildman–Crippen LogP) is 1.09. The van der Waals surface area contributed by atoms with E-state index in [0.717, 1.165) is 26.1 Å². The number of carbonyl (C=O) groups is 2. The average Bonchev–Trinajstić information content (AvgIpc) is 2.51. The van der Waals surface area contributed by atoms with Gasteiger partial charge in [-0.15, -0.1) is 0 Å². The first kappa shape index (κ1) is 17.0. The minimum Gasteiger partial charge on any atom is -0.353 e. The molecule has 0 spiro atoms. The summed E-state index contributed by atoms with van der Waals surface area (Å²) >= 11 is 0. The summed E-state index contributed by atoms with van der Waals surface area (Å²) < 4.78 is 0. The topological polar surface area (TPSA) is 52.7 Å². The highest BCUT2D eigenvalue weighted by Gasteiger charge is 2.28. The van der Waals surface area contributed by atoms with Gasteiger partial charge >= 0.3 is 0 Å². The van der Waals surface area contributed by atoms with Gasteiger partial charge in [0.1, 0.15) is 0 Å². The molecular weight excluding hydrogens is 254 g/mol. The predicted molar refractivity (Wildman–Crippen MR) is 80.4 cm³/mol. The van der Waals surface area contributed by atoms with E-state index in [9.17, 15) is 9.59 Å². The van der Waals surface area contributed by atoms with Crippen LogP contribution in [-0.2, 0) is 9.59 Å². The van der Waals surface area contributed by atoms with E-state index < -0.39 is 0 Å². The molecule has 1 rings (SSSR count). The lowest BCUT2D eigenvalue weighted by atomic mass is 9.94. The summed E-state index contributed by atoms with van der Waals surface area (Å²) in [6.45, 7) is 13.4. The van der Waals surface area contributed by atoms with E-state index >= 15 is 0 Å². The first-order valence-corrected chi connectivity index (χ1v) is 7.51. The van der Waals surface area contributed by atoms with Crippen molar-refractivity contribution in [3.8, 4) is 0 Å². The Hall–Kier alpha value is -1.10. The molecule has 0 aliphatic carbocycles. The van der Waals surface area contributed by atoms with Crippen molar-refractivity contribution in [1.82, 2.24) is 15.1 Å². The van der Waals surface area contributed by atoms with Gasteiger partial charge < -0.3 is 10.2 Å². The Morgan fingerprint density at radius 1 is 1.10 bits per heavy atom. The molecule has 1 heterocycles. The Labute approximate surface area is 122 Å². The summed E-state index contributed by atoms with van der Waals surface area (Å²) in [4.78, 5) is 28.1. The second-order valence-electron chi connectivity index (χ2n) is 6.89. The van der Waals surface area contributed by atoms with E-state index in [1.165, 1.54) is 0 Å². The van der Waals surface area contributed by atoms with E-state index in [4.69, 9.17) is 0 Å². The van der Waals surface area contributed by atoms with Crippen molar-refractivity contribution in [1.29, 1.82) is 0 Å². The molecular formula is C15H29N3O2. The van der Waals surface area contributed by atoms with Gasteiger partial charge in [0.15, 0.2) is 0 Å². The lowest BCUT2D eigenvalue weighted by Crippen LogP contribution is -2.43. The fraction of sp³-hybridized carbons (Fsp3) is 0.867. The highest BCUT2D eigenvalue weighted by atomic mass is 16.2. The van der Waals surface area contributed by atoms with Crippen LogP contribution in [0.1, 0.15) is 41.0 Å². The molecule has 2 amide bonds. The highest BCUT2D eigenvalue weighted by molar-refractivity contribution is 5.81. The van der Waals surface area contributed by atoms with Gasteiger partial charge in [-0.2, -0.15) is 0 Å². The zero-order chi connectivity index (χ0) is 15.3. The van der Waals surface area contributed by atoms with Crippen molar-refractivity contribution in [2.45, 2.75) is 47.1 Å². The summed E-state index contributed by atoms with van der Waals surface area (Å²) in [5.41, 5.74) is -0.329. The van der Waals surface area contributed by atoms with Gasteiger partial charge in [-0.3, -0.25) is 14.5 Å². The van der Waals surface area contributed by atoms with Crippen LogP contribution in [0, 0.1) is 5.41 Å². The normalized spacial score (nSPS) is 18.0. The smallest absolute Gasteiger partial charge is 0.234 e. The van der Waals surface area contributed by atoms with E-state index in [1.807, 2.05) is 39.5 Å². The number of nitrogens with one attached hydrogen (secondary N) is 1. The van der Waals surface area contributed by atoms with Gasteiger partial charge in [0.25, 0.3) is 0 Å². The Morgan fingerprint density at radius 3 is 2.30 bits per heavy atom. The van der Waals surface area contributed by atoms with Crippen LogP contribution in [0.4, 0.5) is 0 Å². The van der Waals surface area contributed by atoms with Crippen LogP contribution in [0.5, 0.6) is 0 Å². The van der Waals surface area contributed by atoms with Crippen LogP contribution >= 0.6 is 0 Å². The molecule has 1 fully saturated rings. The fourth-order valence-electron chi connectivity index (χ4n) is 2.38. The number of amides is 2. The van der Waals surface area contributed by atoms with Crippen molar-refractivity contribution in [3.63, 3.8) is 0 Å². The van der Waals surface area contributed by atoms with E-state index in [2.05, 4.69) is 10.2 Å². The Morgan fingerprint density at radius 2 is 1.75 bits per heavy atom. The molecule has 116 valence electrons. The molecule has 0 atom stereocenters. The number of hydrogen-bond acceptors (Lipinski definition) is 3. The zero-order valence-electron chi connectivity index (χ0n) is 13.5. The molecule has 0 aromatic heterocycles. The Balaban J connectivity index is 2.47. The zero-order valence-corrected chi connectivity index (χ0v) is 13.5. The number of rotatable bonds is 3. The largest absolute Gasteiger partial charge is 0.353 e. The third-order valence-electron chi connectivity index (χ3n) is 3.33. The first-order valence-electron chi connectivity index (χ1n) is 7.51. The van der Waals surface area contributed by atoms with Gasteiger partial charge in [0.05, 0.1) is 6.54 Å². The van der Waals surface area contributed by atoms with Gasteiger partial charge in [-0.25, -0.2) is 0 Å². The average molecular weight is 283 g/mol. The molecule has 1 aliphatic heterocycles. The maximum absolute atomic E-state index is 12.3. The van der Waals surface area contributed by atoms with Gasteiger partial charge in [-0.05, 0) is 20.3 Å². The minimum atomic E-state index is -0.329. The molecule has 1 saturated heterocycles. The third kappa shape index (κ3) is 5.49. The van der Waals surface area contributed by atoms with E-state index in [0.29, 0.717) is 13.1 Å². The second kappa shape index (κ2) is 7.07. The number of carbonyl (C=O) groups excluding carboxylic acids is 2. The van der Waals surface area contributed by atoms with E-state index in [-0.39, 0.29) is 23.3 Å². The summed E-state index contributed by atoms with van der Waals surface area (Å²) in [7, 11) is 0. The molecule has 0 radical (unpaired) electrons. The van der Waals surface area contributed by atoms with Gasteiger partial charge in [0.2, 0.25) is 11.8 Å². The number of hydrogen-bond donors (Lipinski definition) is 1. The summed E-state index contributed by atoms with van der Waals surface area (Å²) in [5, 5.41) is 2.91. The quantitative estimate of drug-likeness (QED) is 0.843. The van der Waals surface area contributed by atoms with Crippen LogP contribution in [-0.4, -0.2) is 60.4 Å². The Bertz CT molecular complexity index is 348. The van der Waals surface area contributed by atoms with Gasteiger partial charge in [-0.1, -0.05) is 20.8 Å². The molecule has 5 nitrogen and oxygen atoms in total. The molecule has 1 aliphatic rings. The van der Waals surface area contributed by atoms with Crippen LogP contribution < -0.4 is 5.32 Å². The first-order chi connectivity index (χ1) is 9.20. The van der Waals surface area contributed by atoms with Crippen LogP contribution in [0.2, 0.25) is 0 Å². The van der Waals surface area contributed by atoms with Crippen LogP contribution in [0.3, 0.4) is 0 Å². The molecule has 0 saturated carbocycles. The van der Waals surface area contributed by atoms with Crippen molar-refractivity contribution in [2.75, 3.05) is 32.7 Å². The van der Waals surface area contributed by atoms with Crippen molar-refractivity contribution in [3.05, 3.63) is 0 Å². The van der Waals surface area contributed by atoms with Gasteiger partial charge in [0, 0.05) is 37.6 Å². The van der Waals surface area contributed by atoms with Crippen molar-refractivity contribution in [2.24, 2.45) is 5.41 Å². The van der Waals surface area contributed by atoms with Crippen LogP contribution in [0.15, 0.2) is 0 Å². The number of nitrogens with zero attached hydrogens (tertiary/aromatic N) is 2. The van der Waals surface area contributed by atoms with Crippen molar-refractivity contribution >= 4 is 11.8 Å². The third-order valence-corrected chi connectivity index (χ3v) is 3.33. The SMILES string of the molecule is CC(C)NC(=O)CN1CCCN(C(=O)C(C)(C)C)CC1. The Kier molecular flexibility index (Phi) is 5.99. The lowest BCUT2D eigenvalue weighted by molar-refractivity contribution is -0.139. The van der Waals surface area contributed by atoms with Crippen LogP contribution in [0.25, 0.3) is 0 Å². The second-order valence-corrected chi connectivity index (χ2v) is 6.89. The van der Waals surface area contributed by atoms with Crippen molar-refractivity contribution < 1.29 is 9.59 Å². The molecule has 20 heavy (non-hydrogen) atoms. The molecule has 0 aromatic carbocycles. The summed E-state index contributed by atoms with van der Waals surface area (Å²) in [6, 6.07) is 0.174. The molecule has 5 heteroatoms. The summed E-state index contributed by atoms with van der Waals surface area (Å²) in [6.07, 6.45) is 0.927.